The Kier molecular flexibility index (Phi) is 6.19. The van der Waals surface area contributed by atoms with Crippen LogP contribution in [0.1, 0.15) is 5.56 Å². The van der Waals surface area contributed by atoms with Crippen LogP contribution in [-0.2, 0) is 6.54 Å². The molecule has 26 heavy (non-hydrogen) atoms. The van der Waals surface area contributed by atoms with Crippen LogP contribution in [0.5, 0.6) is 0 Å². The highest BCUT2D eigenvalue weighted by Gasteiger charge is 2.18. The van der Waals surface area contributed by atoms with Gasteiger partial charge >= 0.3 is 6.03 Å². The molecular weight excluding hydrogens is 330 g/mol. The van der Waals surface area contributed by atoms with E-state index in [1.165, 1.54) is 0 Å². The average molecular weight is 357 g/mol. The van der Waals surface area contributed by atoms with Gasteiger partial charge in [-0.1, -0.05) is 35.5 Å². The van der Waals surface area contributed by atoms with Crippen LogP contribution in [0.15, 0.2) is 36.5 Å². The molecule has 8 heteroatoms. The van der Waals surface area contributed by atoms with E-state index in [1.54, 1.807) is 10.9 Å². The molecule has 1 saturated heterocycles. The molecule has 8 nitrogen and oxygen atoms in total. The van der Waals surface area contributed by atoms with E-state index < -0.39 is 0 Å². The average Bonchev–Trinajstić information content (AvgIpc) is 3.09. The zero-order valence-corrected chi connectivity index (χ0v) is 15.5. The van der Waals surface area contributed by atoms with Gasteiger partial charge in [-0.15, -0.1) is 5.10 Å². The molecule has 2 heterocycles. The Morgan fingerprint density at radius 2 is 1.62 bits per heavy atom. The number of likely N-dealkylation sites (N-methyl/N-ethyl adjacent to an activating group) is 2. The van der Waals surface area contributed by atoms with Gasteiger partial charge in [0.2, 0.25) is 0 Å². The van der Waals surface area contributed by atoms with E-state index in [9.17, 15) is 4.79 Å². The van der Waals surface area contributed by atoms with Gasteiger partial charge in [0.25, 0.3) is 0 Å². The van der Waals surface area contributed by atoms with E-state index in [1.807, 2.05) is 35.2 Å². The number of benzene rings is 1. The summed E-state index contributed by atoms with van der Waals surface area (Å²) >= 11 is 0. The number of carbonyl (C=O) groups is 1. The largest absolute Gasteiger partial charge is 0.323 e. The van der Waals surface area contributed by atoms with Crippen LogP contribution in [0.3, 0.4) is 0 Å². The zero-order chi connectivity index (χ0) is 18.4. The first-order valence-corrected chi connectivity index (χ1v) is 8.97. The predicted molar refractivity (Wildman–Crippen MR) is 101 cm³/mol. The van der Waals surface area contributed by atoms with E-state index in [-0.39, 0.29) is 6.03 Å². The van der Waals surface area contributed by atoms with E-state index >= 15 is 0 Å². The van der Waals surface area contributed by atoms with Crippen molar-refractivity contribution in [2.24, 2.45) is 0 Å². The molecule has 3 rings (SSSR count). The first-order chi connectivity index (χ1) is 12.6. The van der Waals surface area contributed by atoms with Crippen LogP contribution in [0, 0.1) is 0 Å². The van der Waals surface area contributed by atoms with Crippen LogP contribution in [-0.4, -0.2) is 89.1 Å². The Labute approximate surface area is 154 Å². The van der Waals surface area contributed by atoms with Crippen molar-refractivity contribution in [1.82, 2.24) is 29.7 Å². The van der Waals surface area contributed by atoms with Gasteiger partial charge in [0.05, 0.1) is 12.7 Å². The number of hydrogen-bond acceptors (Lipinski definition) is 5. The minimum atomic E-state index is -0.125. The molecule has 1 aromatic carbocycles. The summed E-state index contributed by atoms with van der Waals surface area (Å²) in [5, 5.41) is 11.0. The lowest BCUT2D eigenvalue weighted by Gasteiger charge is -2.24. The topological polar surface area (TPSA) is 69.5 Å². The van der Waals surface area contributed by atoms with Crippen LogP contribution in [0.4, 0.5) is 10.6 Å². The van der Waals surface area contributed by atoms with Crippen molar-refractivity contribution in [3.63, 3.8) is 0 Å². The highest BCUT2D eigenvalue weighted by atomic mass is 16.2. The van der Waals surface area contributed by atoms with Gasteiger partial charge in [0.1, 0.15) is 0 Å². The fraction of sp³-hybridized carbons (Fsp3) is 0.500. The smallest absolute Gasteiger partial charge is 0.322 e. The zero-order valence-electron chi connectivity index (χ0n) is 15.5. The van der Waals surface area contributed by atoms with Crippen molar-refractivity contribution >= 4 is 11.8 Å². The number of nitrogens with one attached hydrogen (secondary N) is 1. The van der Waals surface area contributed by atoms with Crippen LogP contribution in [0.25, 0.3) is 0 Å². The van der Waals surface area contributed by atoms with Crippen molar-refractivity contribution in [2.45, 2.75) is 6.54 Å². The fourth-order valence-electron chi connectivity index (χ4n) is 2.85. The second-order valence-corrected chi connectivity index (χ2v) is 6.81. The number of carbonyl (C=O) groups excluding carboxylic acids is 1. The lowest BCUT2D eigenvalue weighted by atomic mass is 10.2. The summed E-state index contributed by atoms with van der Waals surface area (Å²) in [7, 11) is 4.18. The molecule has 2 amide bonds. The fourth-order valence-corrected chi connectivity index (χ4v) is 2.85. The summed E-state index contributed by atoms with van der Waals surface area (Å²) in [5.74, 6) is 0.479. The quantitative estimate of drug-likeness (QED) is 0.889. The van der Waals surface area contributed by atoms with Crippen LogP contribution < -0.4 is 5.32 Å². The molecule has 1 aliphatic rings. The highest BCUT2D eigenvalue weighted by Crippen LogP contribution is 2.07. The van der Waals surface area contributed by atoms with Crippen molar-refractivity contribution < 1.29 is 4.79 Å². The molecular formula is C18H27N7O. The molecule has 0 radical (unpaired) electrons. The highest BCUT2D eigenvalue weighted by molar-refractivity contribution is 5.88. The minimum absolute atomic E-state index is 0.125. The van der Waals surface area contributed by atoms with E-state index in [4.69, 9.17) is 0 Å². The Balaban J connectivity index is 1.58. The molecule has 140 valence electrons. The van der Waals surface area contributed by atoms with E-state index in [0.717, 1.165) is 31.7 Å². The van der Waals surface area contributed by atoms with Crippen molar-refractivity contribution in [3.8, 4) is 0 Å². The monoisotopic (exact) mass is 357 g/mol. The molecule has 0 saturated carbocycles. The standard InChI is InChI=1S/C18H27N7O/c1-22-8-9-23(2)11-13-24(12-10-22)18(26)19-17-15-25(21-20-17)14-16-6-4-3-5-7-16/h3-7,15H,8-14H2,1-2H3,(H,19,26). The molecule has 1 aliphatic heterocycles. The molecule has 1 fully saturated rings. The molecule has 0 aliphatic carbocycles. The maximum Gasteiger partial charge on any atom is 0.323 e. The normalized spacial score (nSPS) is 17.4. The van der Waals surface area contributed by atoms with E-state index in [2.05, 4.69) is 39.5 Å². The number of hydrogen-bond donors (Lipinski definition) is 1. The van der Waals surface area contributed by atoms with Gasteiger partial charge in [0.15, 0.2) is 5.82 Å². The Bertz CT molecular complexity index is 689. The number of urea groups is 1. The molecule has 0 spiro atoms. The Morgan fingerprint density at radius 3 is 2.27 bits per heavy atom. The molecule has 0 unspecified atom stereocenters. The number of aromatic nitrogens is 3. The third kappa shape index (κ3) is 5.27. The first-order valence-electron chi connectivity index (χ1n) is 8.97. The van der Waals surface area contributed by atoms with Gasteiger partial charge in [0, 0.05) is 39.3 Å². The lowest BCUT2D eigenvalue weighted by molar-refractivity contribution is 0.203. The number of anilines is 1. The minimum Gasteiger partial charge on any atom is -0.322 e. The molecule has 2 aromatic rings. The summed E-state index contributed by atoms with van der Waals surface area (Å²) in [4.78, 5) is 19.0. The van der Waals surface area contributed by atoms with Gasteiger partial charge in [-0.2, -0.15) is 0 Å². The molecule has 1 N–H and O–H groups in total. The van der Waals surface area contributed by atoms with Crippen LogP contribution in [0.2, 0.25) is 0 Å². The Morgan fingerprint density at radius 1 is 1.00 bits per heavy atom. The second kappa shape index (κ2) is 8.77. The maximum absolute atomic E-state index is 12.6. The maximum atomic E-state index is 12.6. The third-order valence-corrected chi connectivity index (χ3v) is 4.61. The summed E-state index contributed by atoms with van der Waals surface area (Å²) < 4.78 is 1.73. The summed E-state index contributed by atoms with van der Waals surface area (Å²) in [6, 6.07) is 9.92. The van der Waals surface area contributed by atoms with Crippen LogP contribution >= 0.6 is 0 Å². The van der Waals surface area contributed by atoms with Gasteiger partial charge in [-0.25, -0.2) is 9.48 Å². The molecule has 1 aromatic heterocycles. The van der Waals surface area contributed by atoms with Crippen molar-refractivity contribution in [1.29, 1.82) is 0 Å². The molecule has 0 bridgehead atoms. The summed E-state index contributed by atoms with van der Waals surface area (Å²) in [5.41, 5.74) is 1.14. The summed E-state index contributed by atoms with van der Waals surface area (Å²) in [6.45, 7) is 5.79. The molecule has 0 atom stereocenters. The predicted octanol–water partition coefficient (Wildman–Crippen LogP) is 1.04. The SMILES string of the molecule is CN1CCN(C)CCN(C(=O)Nc2cn(Cc3ccccc3)nn2)CC1. The number of nitrogens with zero attached hydrogens (tertiary/aromatic N) is 6. The summed E-state index contributed by atoms with van der Waals surface area (Å²) in [6.07, 6.45) is 1.76. The second-order valence-electron chi connectivity index (χ2n) is 6.81. The van der Waals surface area contributed by atoms with Crippen molar-refractivity contribution in [3.05, 3.63) is 42.1 Å². The lowest BCUT2D eigenvalue weighted by Crippen LogP contribution is -2.41. The van der Waals surface area contributed by atoms with Crippen molar-refractivity contribution in [2.75, 3.05) is 58.7 Å². The van der Waals surface area contributed by atoms with Gasteiger partial charge in [-0.05, 0) is 19.7 Å². The van der Waals surface area contributed by atoms with Gasteiger partial charge in [-0.3, -0.25) is 5.32 Å². The third-order valence-electron chi connectivity index (χ3n) is 4.61. The van der Waals surface area contributed by atoms with Gasteiger partial charge < -0.3 is 14.7 Å². The number of rotatable bonds is 3. The first kappa shape index (κ1) is 18.3. The Hall–Kier alpha value is -2.45. The van der Waals surface area contributed by atoms with E-state index in [0.29, 0.717) is 25.5 Å². The number of amides is 2.